The van der Waals surface area contributed by atoms with Gasteiger partial charge >= 0.3 is 0 Å². The van der Waals surface area contributed by atoms with Gasteiger partial charge in [0.1, 0.15) is 5.58 Å². The molecule has 0 unspecified atom stereocenters. The number of hydrogen-bond donors (Lipinski definition) is 0. The molecule has 0 aliphatic carbocycles. The maximum atomic E-state index is 12.3. The van der Waals surface area contributed by atoms with Crippen molar-refractivity contribution in [2.75, 3.05) is 0 Å². The molecule has 5 heteroatoms. The van der Waals surface area contributed by atoms with Gasteiger partial charge in [-0.1, -0.05) is 15.9 Å². The third kappa shape index (κ3) is 2.42. The first-order valence-electron chi connectivity index (χ1n) is 5.54. The van der Waals surface area contributed by atoms with E-state index in [9.17, 15) is 4.79 Å². The first-order chi connectivity index (χ1) is 9.04. The van der Waals surface area contributed by atoms with E-state index in [1.54, 1.807) is 12.1 Å². The molecule has 0 aliphatic heterocycles. The Labute approximate surface area is 130 Å². The Morgan fingerprint density at radius 2 is 2.00 bits per heavy atom. The normalized spacial score (nSPS) is 11.1. The first kappa shape index (κ1) is 13.1. The predicted molar refractivity (Wildman–Crippen MR) is 84.1 cm³/mol. The van der Waals surface area contributed by atoms with Crippen molar-refractivity contribution in [2.24, 2.45) is 0 Å². The first-order valence-corrected chi connectivity index (χ1v) is 7.94. The second-order valence-corrected chi connectivity index (χ2v) is 7.56. The van der Waals surface area contributed by atoms with Crippen LogP contribution >= 0.6 is 43.2 Å². The molecule has 0 aliphatic rings. The van der Waals surface area contributed by atoms with E-state index in [0.29, 0.717) is 10.6 Å². The highest BCUT2D eigenvalue weighted by atomic mass is 79.9. The van der Waals surface area contributed by atoms with E-state index in [1.807, 2.05) is 25.1 Å². The maximum absolute atomic E-state index is 12.3. The Morgan fingerprint density at radius 1 is 1.21 bits per heavy atom. The maximum Gasteiger partial charge on any atom is 0.238 e. The van der Waals surface area contributed by atoms with Crippen LogP contribution in [0.4, 0.5) is 0 Å². The molecule has 2 aromatic heterocycles. The lowest BCUT2D eigenvalue weighted by molar-refractivity contribution is 0.101. The Morgan fingerprint density at radius 3 is 2.68 bits per heavy atom. The average Bonchev–Trinajstić information content (AvgIpc) is 2.94. The van der Waals surface area contributed by atoms with E-state index in [-0.39, 0.29) is 5.78 Å². The van der Waals surface area contributed by atoms with Gasteiger partial charge in [0.05, 0.1) is 8.66 Å². The van der Waals surface area contributed by atoms with Crippen molar-refractivity contribution in [1.29, 1.82) is 0 Å². The number of furan rings is 1. The molecule has 0 atom stereocenters. The minimum absolute atomic E-state index is 0.0811. The van der Waals surface area contributed by atoms with Crippen LogP contribution in [0.1, 0.15) is 21.0 Å². The van der Waals surface area contributed by atoms with Gasteiger partial charge in [0, 0.05) is 9.86 Å². The molecule has 0 fully saturated rings. The molecular formula is C14H8Br2O2S. The van der Waals surface area contributed by atoms with Crippen LogP contribution in [-0.4, -0.2) is 5.78 Å². The second-order valence-electron chi connectivity index (χ2n) is 4.18. The van der Waals surface area contributed by atoms with E-state index < -0.39 is 0 Å². The lowest BCUT2D eigenvalue weighted by Crippen LogP contribution is -1.95. The van der Waals surface area contributed by atoms with E-state index in [1.165, 1.54) is 11.3 Å². The molecule has 0 saturated heterocycles. The number of fused-ring (bicyclic) bond motifs is 1. The Bertz CT molecular complexity index is 786. The summed E-state index contributed by atoms with van der Waals surface area (Å²) >= 11 is 8.21. The van der Waals surface area contributed by atoms with Crippen molar-refractivity contribution in [3.8, 4) is 0 Å². The molecule has 19 heavy (non-hydrogen) atoms. The van der Waals surface area contributed by atoms with Crippen LogP contribution in [0, 0.1) is 6.92 Å². The summed E-state index contributed by atoms with van der Waals surface area (Å²) in [6, 6.07) is 9.38. The van der Waals surface area contributed by atoms with Crippen molar-refractivity contribution in [2.45, 2.75) is 6.92 Å². The molecule has 2 heterocycles. The molecule has 3 aromatic rings. The summed E-state index contributed by atoms with van der Waals surface area (Å²) in [5.74, 6) is 0.299. The van der Waals surface area contributed by atoms with Gasteiger partial charge in [-0.15, -0.1) is 11.3 Å². The van der Waals surface area contributed by atoms with E-state index in [0.717, 1.165) is 24.8 Å². The quantitative estimate of drug-likeness (QED) is 0.528. The monoisotopic (exact) mass is 398 g/mol. The largest absolute Gasteiger partial charge is 0.452 e. The molecule has 0 N–H and O–H groups in total. The summed E-state index contributed by atoms with van der Waals surface area (Å²) in [6.07, 6.45) is 0. The molecule has 2 nitrogen and oxygen atoms in total. The summed E-state index contributed by atoms with van der Waals surface area (Å²) < 4.78 is 7.62. The third-order valence-corrected chi connectivity index (χ3v) is 4.87. The fourth-order valence-corrected chi connectivity index (χ4v) is 3.87. The Hall–Kier alpha value is -0.910. The SMILES string of the molecule is Cc1cc(Br)cc2cc(C(=O)c3ccc(Br)s3)oc12. The van der Waals surface area contributed by atoms with Crippen LogP contribution < -0.4 is 0 Å². The number of carbonyl (C=O) groups is 1. The van der Waals surface area contributed by atoms with Crippen molar-refractivity contribution in [3.63, 3.8) is 0 Å². The van der Waals surface area contributed by atoms with Gasteiger partial charge in [0.2, 0.25) is 5.78 Å². The minimum Gasteiger partial charge on any atom is -0.452 e. The molecular weight excluding hydrogens is 392 g/mol. The van der Waals surface area contributed by atoms with Gasteiger partial charge in [-0.2, -0.15) is 0 Å². The minimum atomic E-state index is -0.0811. The van der Waals surface area contributed by atoms with Gasteiger partial charge in [0.15, 0.2) is 5.76 Å². The Balaban J connectivity index is 2.11. The molecule has 0 spiro atoms. The molecule has 3 rings (SSSR count). The van der Waals surface area contributed by atoms with Gasteiger partial charge < -0.3 is 4.42 Å². The highest BCUT2D eigenvalue weighted by Gasteiger charge is 2.17. The standard InChI is InChI=1S/C14H8Br2O2S/c1-7-4-9(15)5-8-6-10(18-14(7)8)13(17)11-2-3-12(16)19-11/h2-6H,1H3. The van der Waals surface area contributed by atoms with E-state index >= 15 is 0 Å². The second kappa shape index (κ2) is 4.89. The van der Waals surface area contributed by atoms with Gasteiger partial charge in [0.25, 0.3) is 0 Å². The number of ketones is 1. The number of hydrogen-bond acceptors (Lipinski definition) is 3. The lowest BCUT2D eigenvalue weighted by atomic mass is 10.1. The topological polar surface area (TPSA) is 30.2 Å². The summed E-state index contributed by atoms with van der Waals surface area (Å²) in [5, 5.41) is 0.936. The van der Waals surface area contributed by atoms with Crippen LogP contribution in [0.3, 0.4) is 0 Å². The molecule has 0 radical (unpaired) electrons. The number of halogens is 2. The number of carbonyl (C=O) groups excluding carboxylic acids is 1. The lowest BCUT2D eigenvalue weighted by Gasteiger charge is -1.95. The van der Waals surface area contributed by atoms with Crippen LogP contribution in [0.25, 0.3) is 11.0 Å². The van der Waals surface area contributed by atoms with Crippen LogP contribution in [0.15, 0.2) is 43.0 Å². The molecule has 0 saturated carbocycles. The Kier molecular flexibility index (Phi) is 3.37. The highest BCUT2D eigenvalue weighted by Crippen LogP contribution is 2.30. The summed E-state index contributed by atoms with van der Waals surface area (Å²) in [7, 11) is 0. The molecule has 1 aromatic carbocycles. The van der Waals surface area contributed by atoms with Gasteiger partial charge in [-0.25, -0.2) is 0 Å². The number of rotatable bonds is 2. The summed E-state index contributed by atoms with van der Waals surface area (Å²) in [6.45, 7) is 1.96. The third-order valence-electron chi connectivity index (χ3n) is 2.79. The zero-order valence-electron chi connectivity index (χ0n) is 9.87. The van der Waals surface area contributed by atoms with Crippen molar-refractivity contribution in [1.82, 2.24) is 0 Å². The zero-order chi connectivity index (χ0) is 13.6. The molecule has 96 valence electrons. The average molecular weight is 400 g/mol. The molecule has 0 amide bonds. The highest BCUT2D eigenvalue weighted by molar-refractivity contribution is 9.11. The van der Waals surface area contributed by atoms with Gasteiger partial charge in [-0.05, 0) is 58.7 Å². The van der Waals surface area contributed by atoms with E-state index in [4.69, 9.17) is 4.42 Å². The number of aryl methyl sites for hydroxylation is 1. The number of thiophene rings is 1. The zero-order valence-corrected chi connectivity index (χ0v) is 13.9. The summed E-state index contributed by atoms with van der Waals surface area (Å²) in [5.41, 5.74) is 1.78. The predicted octanol–water partition coefficient (Wildman–Crippen LogP) is 5.56. The fourth-order valence-electron chi connectivity index (χ4n) is 1.95. The van der Waals surface area contributed by atoms with Crippen molar-refractivity contribution < 1.29 is 9.21 Å². The van der Waals surface area contributed by atoms with Crippen molar-refractivity contribution in [3.05, 3.63) is 54.8 Å². The summed E-state index contributed by atoms with van der Waals surface area (Å²) in [4.78, 5) is 13.0. The van der Waals surface area contributed by atoms with Crippen LogP contribution in [0.5, 0.6) is 0 Å². The number of benzene rings is 1. The van der Waals surface area contributed by atoms with Crippen molar-refractivity contribution >= 4 is 59.9 Å². The van der Waals surface area contributed by atoms with E-state index in [2.05, 4.69) is 31.9 Å². The van der Waals surface area contributed by atoms with Crippen LogP contribution in [0.2, 0.25) is 0 Å². The van der Waals surface area contributed by atoms with Crippen LogP contribution in [-0.2, 0) is 0 Å². The fraction of sp³-hybridized carbons (Fsp3) is 0.0714. The smallest absolute Gasteiger partial charge is 0.238 e. The molecule has 0 bridgehead atoms. The van der Waals surface area contributed by atoms with Gasteiger partial charge in [-0.3, -0.25) is 4.79 Å².